The number of ether oxygens (including phenoxy) is 2. The Morgan fingerprint density at radius 3 is 2.55 bits per heavy atom. The molecule has 116 valence electrons. The zero-order chi connectivity index (χ0) is 15.9. The first-order valence-corrected chi connectivity index (χ1v) is 7.26. The lowest BCUT2D eigenvalue weighted by molar-refractivity contribution is 0.0954. The van der Waals surface area contributed by atoms with Crippen molar-refractivity contribution in [3.05, 3.63) is 58.6 Å². The largest absolute Gasteiger partial charge is 0.493 e. The van der Waals surface area contributed by atoms with E-state index in [4.69, 9.17) is 21.1 Å². The van der Waals surface area contributed by atoms with Gasteiger partial charge in [-0.05, 0) is 42.3 Å². The molecular weight excluding hydrogens is 302 g/mol. The predicted octanol–water partition coefficient (Wildman–Crippen LogP) is 3.33. The van der Waals surface area contributed by atoms with E-state index >= 15 is 0 Å². The first-order chi connectivity index (χ1) is 10.6. The summed E-state index contributed by atoms with van der Waals surface area (Å²) in [5, 5.41) is 3.42. The zero-order valence-corrected chi connectivity index (χ0v) is 13.3. The molecule has 1 N–H and O–H groups in total. The number of amides is 1. The standard InChI is InChI=1S/C17H18ClNO3/c1-21-15-7-6-12(10-16(15)22-2)8-9-19-17(20)13-4-3-5-14(18)11-13/h3-7,10-11H,8-9H2,1-2H3,(H,19,20). The molecule has 0 atom stereocenters. The number of hydrogen-bond donors (Lipinski definition) is 1. The van der Waals surface area contributed by atoms with Crippen molar-refractivity contribution in [3.8, 4) is 11.5 Å². The number of carbonyl (C=O) groups is 1. The Morgan fingerprint density at radius 2 is 1.86 bits per heavy atom. The molecule has 0 saturated carbocycles. The van der Waals surface area contributed by atoms with Crippen LogP contribution in [0.25, 0.3) is 0 Å². The van der Waals surface area contributed by atoms with Crippen molar-refractivity contribution in [1.29, 1.82) is 0 Å². The molecule has 4 nitrogen and oxygen atoms in total. The van der Waals surface area contributed by atoms with Gasteiger partial charge in [0.25, 0.3) is 5.91 Å². The lowest BCUT2D eigenvalue weighted by Crippen LogP contribution is -2.25. The molecule has 2 aromatic rings. The van der Waals surface area contributed by atoms with Crippen LogP contribution in [0, 0.1) is 0 Å². The maximum atomic E-state index is 12.0. The van der Waals surface area contributed by atoms with Gasteiger partial charge in [0.1, 0.15) is 0 Å². The second-order valence-corrected chi connectivity index (χ2v) is 5.14. The molecule has 5 heteroatoms. The lowest BCUT2D eigenvalue weighted by Gasteiger charge is -2.10. The third-order valence-electron chi connectivity index (χ3n) is 3.23. The molecule has 0 radical (unpaired) electrons. The molecule has 0 fully saturated rings. The van der Waals surface area contributed by atoms with Crippen LogP contribution < -0.4 is 14.8 Å². The van der Waals surface area contributed by atoms with Gasteiger partial charge in [0.2, 0.25) is 0 Å². The quantitative estimate of drug-likeness (QED) is 0.888. The van der Waals surface area contributed by atoms with Crippen molar-refractivity contribution in [2.45, 2.75) is 6.42 Å². The van der Waals surface area contributed by atoms with Crippen molar-refractivity contribution < 1.29 is 14.3 Å². The fourth-order valence-corrected chi connectivity index (χ4v) is 2.28. The maximum absolute atomic E-state index is 12.0. The van der Waals surface area contributed by atoms with Crippen LogP contribution in [0.4, 0.5) is 0 Å². The van der Waals surface area contributed by atoms with Gasteiger partial charge in [0.15, 0.2) is 11.5 Å². The van der Waals surface area contributed by atoms with Crippen LogP contribution in [-0.4, -0.2) is 26.7 Å². The Balaban J connectivity index is 1.92. The fourth-order valence-electron chi connectivity index (χ4n) is 2.09. The van der Waals surface area contributed by atoms with E-state index in [2.05, 4.69) is 5.32 Å². The second-order valence-electron chi connectivity index (χ2n) is 4.71. The summed E-state index contributed by atoms with van der Waals surface area (Å²) < 4.78 is 10.5. The monoisotopic (exact) mass is 319 g/mol. The van der Waals surface area contributed by atoms with Gasteiger partial charge < -0.3 is 14.8 Å². The average molecular weight is 320 g/mol. The SMILES string of the molecule is COc1ccc(CCNC(=O)c2cccc(Cl)c2)cc1OC. The van der Waals surface area contributed by atoms with Gasteiger partial charge in [-0.1, -0.05) is 23.7 Å². The molecule has 0 spiro atoms. The highest BCUT2D eigenvalue weighted by molar-refractivity contribution is 6.30. The van der Waals surface area contributed by atoms with E-state index in [0.717, 1.165) is 5.56 Å². The third-order valence-corrected chi connectivity index (χ3v) is 3.47. The van der Waals surface area contributed by atoms with E-state index in [-0.39, 0.29) is 5.91 Å². The van der Waals surface area contributed by atoms with E-state index < -0.39 is 0 Å². The maximum Gasteiger partial charge on any atom is 0.251 e. The summed E-state index contributed by atoms with van der Waals surface area (Å²) >= 11 is 5.88. The summed E-state index contributed by atoms with van der Waals surface area (Å²) in [6.07, 6.45) is 0.701. The normalized spacial score (nSPS) is 10.1. The Hall–Kier alpha value is -2.20. The number of nitrogens with one attached hydrogen (secondary N) is 1. The van der Waals surface area contributed by atoms with Crippen LogP contribution >= 0.6 is 11.6 Å². The second kappa shape index (κ2) is 7.71. The predicted molar refractivity (Wildman–Crippen MR) is 87.0 cm³/mol. The molecule has 0 bridgehead atoms. The Bertz CT molecular complexity index is 658. The van der Waals surface area contributed by atoms with Crippen LogP contribution in [0.2, 0.25) is 5.02 Å². The van der Waals surface area contributed by atoms with E-state index in [1.807, 2.05) is 18.2 Å². The number of hydrogen-bond acceptors (Lipinski definition) is 3. The average Bonchev–Trinajstić information content (AvgIpc) is 2.54. The van der Waals surface area contributed by atoms with Gasteiger partial charge >= 0.3 is 0 Å². The van der Waals surface area contributed by atoms with Gasteiger partial charge in [-0.25, -0.2) is 0 Å². The van der Waals surface area contributed by atoms with E-state index in [1.54, 1.807) is 38.5 Å². The van der Waals surface area contributed by atoms with Gasteiger partial charge in [-0.15, -0.1) is 0 Å². The minimum atomic E-state index is -0.136. The summed E-state index contributed by atoms with van der Waals surface area (Å²) in [5.41, 5.74) is 1.61. The number of halogens is 1. The highest BCUT2D eigenvalue weighted by Gasteiger charge is 2.07. The van der Waals surface area contributed by atoms with E-state index in [1.165, 1.54) is 0 Å². The number of carbonyl (C=O) groups excluding carboxylic acids is 1. The van der Waals surface area contributed by atoms with Crippen LogP contribution in [0.1, 0.15) is 15.9 Å². The molecule has 0 aliphatic heterocycles. The highest BCUT2D eigenvalue weighted by Crippen LogP contribution is 2.27. The minimum absolute atomic E-state index is 0.136. The summed E-state index contributed by atoms with van der Waals surface area (Å²) in [5.74, 6) is 1.23. The van der Waals surface area contributed by atoms with E-state index in [0.29, 0.717) is 35.1 Å². The van der Waals surface area contributed by atoms with Crippen molar-refractivity contribution in [3.63, 3.8) is 0 Å². The first-order valence-electron chi connectivity index (χ1n) is 6.88. The zero-order valence-electron chi connectivity index (χ0n) is 12.6. The van der Waals surface area contributed by atoms with Gasteiger partial charge in [-0.2, -0.15) is 0 Å². The van der Waals surface area contributed by atoms with Crippen LogP contribution in [0.5, 0.6) is 11.5 Å². The minimum Gasteiger partial charge on any atom is -0.493 e. The third kappa shape index (κ3) is 4.15. The van der Waals surface area contributed by atoms with Gasteiger partial charge in [0.05, 0.1) is 14.2 Å². The first kappa shape index (κ1) is 16.2. The Kier molecular flexibility index (Phi) is 5.67. The number of benzene rings is 2. The summed E-state index contributed by atoms with van der Waals surface area (Å²) in [6.45, 7) is 0.529. The Morgan fingerprint density at radius 1 is 1.09 bits per heavy atom. The smallest absolute Gasteiger partial charge is 0.251 e. The van der Waals surface area contributed by atoms with Crippen LogP contribution in [0.15, 0.2) is 42.5 Å². The Labute approximate surface area is 135 Å². The molecule has 0 aliphatic rings. The summed E-state index contributed by atoms with van der Waals surface area (Å²) in [4.78, 5) is 12.0. The molecular formula is C17H18ClNO3. The van der Waals surface area contributed by atoms with Crippen molar-refractivity contribution in [1.82, 2.24) is 5.32 Å². The van der Waals surface area contributed by atoms with Gasteiger partial charge in [-0.3, -0.25) is 4.79 Å². The number of rotatable bonds is 6. The molecule has 0 saturated heterocycles. The molecule has 0 aliphatic carbocycles. The highest BCUT2D eigenvalue weighted by atomic mass is 35.5. The molecule has 1 amide bonds. The van der Waals surface area contributed by atoms with Crippen molar-refractivity contribution in [2.24, 2.45) is 0 Å². The van der Waals surface area contributed by atoms with Crippen molar-refractivity contribution in [2.75, 3.05) is 20.8 Å². The molecule has 0 aromatic heterocycles. The molecule has 0 unspecified atom stereocenters. The molecule has 22 heavy (non-hydrogen) atoms. The molecule has 2 rings (SSSR count). The van der Waals surface area contributed by atoms with E-state index in [9.17, 15) is 4.79 Å². The fraction of sp³-hybridized carbons (Fsp3) is 0.235. The molecule has 2 aromatic carbocycles. The van der Waals surface area contributed by atoms with Crippen molar-refractivity contribution >= 4 is 17.5 Å². The summed E-state index contributed by atoms with van der Waals surface area (Å²) in [6, 6.07) is 12.6. The topological polar surface area (TPSA) is 47.6 Å². The lowest BCUT2D eigenvalue weighted by atomic mass is 10.1. The molecule has 0 heterocycles. The van der Waals surface area contributed by atoms with Gasteiger partial charge in [0, 0.05) is 17.1 Å². The van der Waals surface area contributed by atoms with Crippen LogP contribution in [-0.2, 0) is 6.42 Å². The number of methoxy groups -OCH3 is 2. The summed E-state index contributed by atoms with van der Waals surface area (Å²) in [7, 11) is 3.20. The van der Waals surface area contributed by atoms with Crippen LogP contribution in [0.3, 0.4) is 0 Å².